The maximum atomic E-state index is 13.3. The molecule has 4 aromatic heterocycles. The van der Waals surface area contributed by atoms with Gasteiger partial charge < -0.3 is 15.8 Å². The fourth-order valence-corrected chi connectivity index (χ4v) is 4.36. The average molecular weight is 559 g/mol. The van der Waals surface area contributed by atoms with Gasteiger partial charge in [-0.05, 0) is 25.5 Å². The number of aromatic nitrogens is 6. The second-order valence-electron chi connectivity index (χ2n) is 8.47. The Morgan fingerprint density at radius 1 is 1.15 bits per heavy atom. The van der Waals surface area contributed by atoms with Gasteiger partial charge in [0.2, 0.25) is 0 Å². The first-order valence-corrected chi connectivity index (χ1v) is 11.7. The number of hydrogen-bond acceptors (Lipinski definition) is 8. The van der Waals surface area contributed by atoms with Crippen molar-refractivity contribution in [3.63, 3.8) is 0 Å². The summed E-state index contributed by atoms with van der Waals surface area (Å²) < 4.78 is 44.6. The van der Waals surface area contributed by atoms with Crippen LogP contribution in [0.5, 0.6) is 5.75 Å². The molecule has 0 bridgehead atoms. The minimum atomic E-state index is -5.20. The zero-order chi connectivity index (χ0) is 28.1. The molecule has 0 radical (unpaired) electrons. The summed E-state index contributed by atoms with van der Waals surface area (Å²) in [6, 6.07) is 10.5. The highest BCUT2D eigenvalue weighted by atomic mass is 35.5. The quantitative estimate of drug-likeness (QED) is 0.309. The molecule has 3 N–H and O–H groups in total. The number of anilines is 1. The van der Waals surface area contributed by atoms with Crippen molar-refractivity contribution in [3.05, 3.63) is 70.8 Å². The number of nitrogens with zero attached hydrogens (tertiary/aromatic N) is 6. The normalized spacial score (nSPS) is 12.6. The van der Waals surface area contributed by atoms with Crippen LogP contribution in [0.15, 0.2) is 48.8 Å². The molecule has 1 atom stereocenters. The van der Waals surface area contributed by atoms with Crippen LogP contribution in [0.25, 0.3) is 22.6 Å². The average Bonchev–Trinajstić information content (AvgIpc) is 3.43. The molecule has 39 heavy (non-hydrogen) atoms. The van der Waals surface area contributed by atoms with Crippen LogP contribution in [0.1, 0.15) is 34.7 Å². The lowest BCUT2D eigenvalue weighted by Crippen LogP contribution is -2.28. The van der Waals surface area contributed by atoms with Crippen molar-refractivity contribution in [3.8, 4) is 17.0 Å². The van der Waals surface area contributed by atoms with E-state index in [1.165, 1.54) is 0 Å². The molecule has 200 valence electrons. The molecule has 11 nitrogen and oxygen atoms in total. The van der Waals surface area contributed by atoms with E-state index in [9.17, 15) is 22.8 Å². The maximum Gasteiger partial charge on any atom is 0.491 e. The summed E-state index contributed by atoms with van der Waals surface area (Å²) in [7, 11) is 0. The van der Waals surface area contributed by atoms with Gasteiger partial charge in [-0.15, -0.1) is 15.3 Å². The number of fused-ring (bicyclic) bond motifs is 2. The van der Waals surface area contributed by atoms with Gasteiger partial charge in [-0.1, -0.05) is 41.9 Å². The van der Waals surface area contributed by atoms with Crippen molar-refractivity contribution in [2.75, 3.05) is 5.73 Å². The van der Waals surface area contributed by atoms with Crippen LogP contribution < -0.4 is 15.8 Å². The molecule has 5 aromatic rings. The van der Waals surface area contributed by atoms with E-state index in [0.29, 0.717) is 27.8 Å². The van der Waals surface area contributed by atoms with Crippen LogP contribution in [-0.4, -0.2) is 47.2 Å². The van der Waals surface area contributed by atoms with Crippen molar-refractivity contribution in [1.29, 1.82) is 0 Å². The van der Waals surface area contributed by atoms with Gasteiger partial charge in [-0.25, -0.2) is 14.3 Å². The number of alkyl halides is 3. The number of aryl methyl sites for hydroxylation is 1. The van der Waals surface area contributed by atoms with Crippen molar-refractivity contribution >= 4 is 40.6 Å². The fourth-order valence-electron chi connectivity index (χ4n) is 4.12. The number of rotatable bonds is 5. The van der Waals surface area contributed by atoms with Gasteiger partial charge in [-0.3, -0.25) is 9.20 Å². The number of esters is 1. The monoisotopic (exact) mass is 558 g/mol. The Kier molecular flexibility index (Phi) is 6.34. The number of ether oxygens (including phenoxy) is 1. The summed E-state index contributed by atoms with van der Waals surface area (Å²) >= 11 is 6.51. The second kappa shape index (κ2) is 9.54. The molecular weight excluding hydrogens is 541 g/mol. The summed E-state index contributed by atoms with van der Waals surface area (Å²) in [5, 5.41) is 15.4. The highest BCUT2D eigenvalue weighted by Crippen LogP contribution is 2.34. The van der Waals surface area contributed by atoms with E-state index in [1.54, 1.807) is 24.3 Å². The molecule has 5 rings (SSSR count). The van der Waals surface area contributed by atoms with Crippen LogP contribution in [-0.2, 0) is 4.79 Å². The third-order valence-electron chi connectivity index (χ3n) is 5.82. The smallest absolute Gasteiger partial charge is 0.417 e. The highest BCUT2D eigenvalue weighted by molar-refractivity contribution is 6.33. The predicted octanol–water partition coefficient (Wildman–Crippen LogP) is 3.94. The molecule has 0 fully saturated rings. The molecule has 0 aliphatic carbocycles. The van der Waals surface area contributed by atoms with E-state index in [1.807, 2.05) is 30.3 Å². The van der Waals surface area contributed by atoms with Gasteiger partial charge in [0.05, 0.1) is 29.2 Å². The number of nitrogen functional groups attached to an aromatic ring is 1. The lowest BCUT2D eigenvalue weighted by molar-refractivity contribution is -0.189. The molecule has 0 saturated carbocycles. The van der Waals surface area contributed by atoms with Crippen molar-refractivity contribution in [2.45, 2.75) is 26.1 Å². The molecule has 1 unspecified atom stereocenters. The van der Waals surface area contributed by atoms with Gasteiger partial charge in [0, 0.05) is 5.56 Å². The Morgan fingerprint density at radius 3 is 2.56 bits per heavy atom. The number of pyridine rings is 1. The van der Waals surface area contributed by atoms with Crippen molar-refractivity contribution < 1.29 is 27.5 Å². The lowest BCUT2D eigenvalue weighted by Gasteiger charge is -2.20. The Bertz CT molecular complexity index is 1750. The van der Waals surface area contributed by atoms with Gasteiger partial charge >= 0.3 is 12.1 Å². The molecule has 1 amide bonds. The highest BCUT2D eigenvalue weighted by Gasteiger charge is 2.41. The zero-order valence-electron chi connectivity index (χ0n) is 20.2. The standard InChI is InChI=1S/C24H18ClF3N8O3/c1-11(15-8-16(25)20-33-32-12(2)36(20)18(15)13-6-4-3-5-7-13)31-22(37)17-19(29)34-35-10-14(9-30-21(17)35)39-23(38)24(26,27)28/h3-11H,1-2H3,(H2,29,34)(H,31,37). The number of nitrogens with one attached hydrogen (secondary N) is 1. The number of carbonyl (C=O) groups excluding carboxylic acids is 2. The van der Waals surface area contributed by atoms with Crippen molar-refractivity contribution in [2.24, 2.45) is 0 Å². The minimum absolute atomic E-state index is 0.0598. The second-order valence-corrected chi connectivity index (χ2v) is 8.88. The van der Waals surface area contributed by atoms with Gasteiger partial charge in [0.25, 0.3) is 5.91 Å². The molecule has 0 aliphatic heterocycles. The molecule has 4 heterocycles. The van der Waals surface area contributed by atoms with E-state index in [4.69, 9.17) is 17.3 Å². The third kappa shape index (κ3) is 4.69. The lowest BCUT2D eigenvalue weighted by atomic mass is 10.00. The number of halogens is 4. The number of nitrogens with two attached hydrogens (primary N) is 1. The van der Waals surface area contributed by atoms with Gasteiger partial charge in [0.1, 0.15) is 11.4 Å². The minimum Gasteiger partial charge on any atom is -0.417 e. The van der Waals surface area contributed by atoms with Crippen LogP contribution in [0.3, 0.4) is 0 Å². The summed E-state index contributed by atoms with van der Waals surface area (Å²) in [5.74, 6) is -3.27. The summed E-state index contributed by atoms with van der Waals surface area (Å²) in [6.45, 7) is 3.52. The van der Waals surface area contributed by atoms with Crippen LogP contribution in [0.2, 0.25) is 5.02 Å². The number of benzene rings is 1. The summed E-state index contributed by atoms with van der Waals surface area (Å²) in [6.07, 6.45) is -3.38. The predicted molar refractivity (Wildman–Crippen MR) is 133 cm³/mol. The summed E-state index contributed by atoms with van der Waals surface area (Å²) in [5.41, 5.74) is 8.42. The topological polar surface area (TPSA) is 142 Å². The van der Waals surface area contributed by atoms with Crippen LogP contribution in [0, 0.1) is 6.92 Å². The first-order chi connectivity index (χ1) is 18.5. The summed E-state index contributed by atoms with van der Waals surface area (Å²) in [4.78, 5) is 28.4. The van der Waals surface area contributed by atoms with E-state index >= 15 is 0 Å². The van der Waals surface area contributed by atoms with Crippen LogP contribution in [0.4, 0.5) is 19.0 Å². The molecule has 0 saturated heterocycles. The van der Waals surface area contributed by atoms with E-state index < -0.39 is 29.8 Å². The Morgan fingerprint density at radius 2 is 1.87 bits per heavy atom. The first kappa shape index (κ1) is 25.9. The largest absolute Gasteiger partial charge is 0.491 e. The van der Waals surface area contributed by atoms with E-state index in [2.05, 4.69) is 30.3 Å². The van der Waals surface area contributed by atoms with E-state index in [-0.39, 0.29) is 17.0 Å². The first-order valence-electron chi connectivity index (χ1n) is 11.3. The Balaban J connectivity index is 1.51. The molecule has 0 aliphatic rings. The number of hydrogen-bond donors (Lipinski definition) is 2. The SMILES string of the molecule is Cc1nnc2c(Cl)cc(C(C)NC(=O)c3c(N)nn4cc(OC(=O)C(F)(F)F)cnc34)c(-c3ccccc3)n12. The molecule has 1 aromatic carbocycles. The number of carbonyl (C=O) groups is 2. The third-order valence-corrected chi connectivity index (χ3v) is 6.10. The van der Waals surface area contributed by atoms with Gasteiger partial charge in [-0.2, -0.15) is 13.2 Å². The molecular formula is C24H18ClF3N8O3. The van der Waals surface area contributed by atoms with E-state index in [0.717, 1.165) is 22.5 Å². The molecule has 0 spiro atoms. The van der Waals surface area contributed by atoms with Gasteiger partial charge in [0.15, 0.2) is 22.9 Å². The van der Waals surface area contributed by atoms with Crippen LogP contribution >= 0.6 is 11.6 Å². The Labute approximate surface area is 222 Å². The molecule has 15 heteroatoms. The van der Waals surface area contributed by atoms with Crippen molar-refractivity contribution in [1.82, 2.24) is 34.5 Å². The Hall–Kier alpha value is -4.72. The fraction of sp³-hybridized carbons (Fsp3) is 0.167. The number of amides is 1. The maximum absolute atomic E-state index is 13.3. The zero-order valence-corrected chi connectivity index (χ0v) is 20.9.